The maximum atomic E-state index is 13.1. The Kier molecular flexibility index (Phi) is 7.81. The fraction of sp³-hybridized carbons (Fsp3) is 0.261. The minimum Gasteiger partial charge on any atom is -0.385 e. The number of nitrogens with zero attached hydrogens (tertiary/aromatic N) is 3. The molecule has 7 nitrogen and oxygen atoms in total. The number of methoxy groups -OCH3 is 1. The fourth-order valence-electron chi connectivity index (χ4n) is 3.34. The number of rotatable bonds is 10. The smallest absolute Gasteiger partial charge is 0.269 e. The van der Waals surface area contributed by atoms with Crippen molar-refractivity contribution >= 4 is 23.2 Å². The van der Waals surface area contributed by atoms with Crippen LogP contribution in [0.5, 0.6) is 0 Å². The van der Waals surface area contributed by atoms with E-state index >= 15 is 0 Å². The van der Waals surface area contributed by atoms with Gasteiger partial charge in [-0.1, -0.05) is 23.7 Å². The Morgan fingerprint density at radius 3 is 2.61 bits per heavy atom. The highest BCUT2D eigenvalue weighted by Gasteiger charge is 2.18. The number of nitro groups is 1. The highest BCUT2D eigenvalue weighted by atomic mass is 35.5. The Hall–Kier alpha value is -3.16. The lowest BCUT2D eigenvalue weighted by Crippen LogP contribution is -2.33. The van der Waals surface area contributed by atoms with Crippen LogP contribution in [0.25, 0.3) is 0 Å². The third-order valence-electron chi connectivity index (χ3n) is 4.91. The van der Waals surface area contributed by atoms with Gasteiger partial charge >= 0.3 is 0 Å². The van der Waals surface area contributed by atoms with Crippen LogP contribution in [0, 0.1) is 10.1 Å². The van der Waals surface area contributed by atoms with Gasteiger partial charge in [-0.2, -0.15) is 0 Å². The second kappa shape index (κ2) is 10.7. The highest BCUT2D eigenvalue weighted by Crippen LogP contribution is 2.18. The van der Waals surface area contributed by atoms with Gasteiger partial charge in [0.25, 0.3) is 11.6 Å². The molecule has 0 saturated heterocycles. The third-order valence-corrected chi connectivity index (χ3v) is 5.14. The van der Waals surface area contributed by atoms with E-state index in [4.69, 9.17) is 16.3 Å². The average molecular weight is 442 g/mol. The number of amides is 1. The summed E-state index contributed by atoms with van der Waals surface area (Å²) in [6, 6.07) is 17.3. The molecule has 162 valence electrons. The maximum absolute atomic E-state index is 13.1. The molecule has 0 aliphatic carbocycles. The Bertz CT molecular complexity index is 1030. The van der Waals surface area contributed by atoms with Crippen molar-refractivity contribution in [3.05, 3.63) is 98.8 Å². The summed E-state index contributed by atoms with van der Waals surface area (Å²) in [5, 5.41) is 11.6. The molecule has 3 rings (SSSR count). The first-order valence-corrected chi connectivity index (χ1v) is 10.3. The second-order valence-corrected chi connectivity index (χ2v) is 7.57. The molecule has 8 heteroatoms. The molecule has 0 radical (unpaired) electrons. The number of benzene rings is 2. The molecule has 2 aromatic carbocycles. The van der Waals surface area contributed by atoms with E-state index in [2.05, 4.69) is 4.57 Å². The van der Waals surface area contributed by atoms with E-state index in [1.165, 1.54) is 24.3 Å². The zero-order valence-electron chi connectivity index (χ0n) is 17.2. The van der Waals surface area contributed by atoms with Gasteiger partial charge in [-0.05, 0) is 48.4 Å². The number of ether oxygens (including phenoxy) is 1. The van der Waals surface area contributed by atoms with Crippen molar-refractivity contribution in [1.29, 1.82) is 0 Å². The number of nitro benzene ring substituents is 1. The van der Waals surface area contributed by atoms with Crippen LogP contribution in [0.1, 0.15) is 28.0 Å². The number of carbonyl (C=O) groups excluding carboxylic acids is 1. The first-order valence-electron chi connectivity index (χ1n) is 9.89. The molecule has 0 bridgehead atoms. The summed E-state index contributed by atoms with van der Waals surface area (Å²) >= 11 is 6.10. The van der Waals surface area contributed by atoms with Crippen LogP contribution >= 0.6 is 11.6 Å². The van der Waals surface area contributed by atoms with Crippen LogP contribution < -0.4 is 0 Å². The predicted molar refractivity (Wildman–Crippen MR) is 119 cm³/mol. The molecule has 0 saturated carbocycles. The van der Waals surface area contributed by atoms with Gasteiger partial charge in [0.2, 0.25) is 0 Å². The molecule has 0 aliphatic rings. The van der Waals surface area contributed by atoms with Crippen molar-refractivity contribution in [2.45, 2.75) is 19.5 Å². The Morgan fingerprint density at radius 2 is 1.94 bits per heavy atom. The van der Waals surface area contributed by atoms with E-state index in [0.29, 0.717) is 43.2 Å². The monoisotopic (exact) mass is 441 g/mol. The second-order valence-electron chi connectivity index (χ2n) is 7.13. The Labute approximate surface area is 186 Å². The normalized spacial score (nSPS) is 10.8. The van der Waals surface area contributed by atoms with Gasteiger partial charge in [0, 0.05) is 61.4 Å². The van der Waals surface area contributed by atoms with Gasteiger partial charge in [0.05, 0.1) is 11.5 Å². The van der Waals surface area contributed by atoms with Crippen LogP contribution in [-0.2, 0) is 17.8 Å². The summed E-state index contributed by atoms with van der Waals surface area (Å²) in [4.78, 5) is 25.3. The minimum atomic E-state index is -0.479. The molecule has 0 spiro atoms. The molecule has 1 amide bonds. The Morgan fingerprint density at radius 1 is 1.16 bits per heavy atom. The van der Waals surface area contributed by atoms with Crippen molar-refractivity contribution in [1.82, 2.24) is 9.47 Å². The van der Waals surface area contributed by atoms with E-state index in [1.54, 1.807) is 12.0 Å². The molecule has 0 aliphatic heterocycles. The predicted octanol–water partition coefficient (Wildman–Crippen LogP) is 4.78. The molecular formula is C23H24ClN3O4. The first kappa shape index (κ1) is 22.5. The summed E-state index contributed by atoms with van der Waals surface area (Å²) in [5.74, 6) is -0.179. The molecule has 31 heavy (non-hydrogen) atoms. The lowest BCUT2D eigenvalue weighted by Gasteiger charge is -2.24. The van der Waals surface area contributed by atoms with E-state index in [9.17, 15) is 14.9 Å². The van der Waals surface area contributed by atoms with Crippen LogP contribution in [0.2, 0.25) is 5.02 Å². The highest BCUT2D eigenvalue weighted by molar-refractivity contribution is 6.30. The van der Waals surface area contributed by atoms with Crippen molar-refractivity contribution in [3.63, 3.8) is 0 Å². The molecule has 1 heterocycles. The minimum absolute atomic E-state index is 0.0436. The van der Waals surface area contributed by atoms with E-state index in [0.717, 1.165) is 11.3 Å². The van der Waals surface area contributed by atoms with Crippen LogP contribution in [0.15, 0.2) is 66.9 Å². The molecule has 1 aromatic heterocycles. The van der Waals surface area contributed by atoms with E-state index in [1.807, 2.05) is 42.6 Å². The summed E-state index contributed by atoms with van der Waals surface area (Å²) in [5.41, 5.74) is 2.42. The quantitative estimate of drug-likeness (QED) is 0.258. The fourth-order valence-corrected chi connectivity index (χ4v) is 3.55. The Balaban J connectivity index is 1.79. The number of hydrogen-bond acceptors (Lipinski definition) is 4. The topological polar surface area (TPSA) is 77.6 Å². The number of non-ortho nitro benzene ring substituents is 1. The van der Waals surface area contributed by atoms with Crippen molar-refractivity contribution in [2.75, 3.05) is 20.3 Å². The largest absolute Gasteiger partial charge is 0.385 e. The van der Waals surface area contributed by atoms with Crippen molar-refractivity contribution in [3.8, 4) is 0 Å². The lowest BCUT2D eigenvalue weighted by atomic mass is 10.1. The number of aromatic nitrogens is 1. The molecule has 3 aromatic rings. The van der Waals surface area contributed by atoms with Gasteiger partial charge < -0.3 is 14.2 Å². The van der Waals surface area contributed by atoms with Gasteiger partial charge in [0.1, 0.15) is 0 Å². The third kappa shape index (κ3) is 6.16. The zero-order valence-corrected chi connectivity index (χ0v) is 18.0. The molecule has 0 fully saturated rings. The maximum Gasteiger partial charge on any atom is 0.269 e. The van der Waals surface area contributed by atoms with Crippen molar-refractivity contribution < 1.29 is 14.5 Å². The molecule has 0 atom stereocenters. The van der Waals surface area contributed by atoms with E-state index in [-0.39, 0.29) is 11.6 Å². The number of carbonyl (C=O) groups is 1. The van der Waals surface area contributed by atoms with Gasteiger partial charge in [0.15, 0.2) is 0 Å². The van der Waals surface area contributed by atoms with Crippen LogP contribution in [-0.4, -0.2) is 40.6 Å². The summed E-state index contributed by atoms with van der Waals surface area (Å²) in [6.07, 6.45) is 2.66. The van der Waals surface area contributed by atoms with Crippen LogP contribution in [0.3, 0.4) is 0 Å². The summed E-state index contributed by atoms with van der Waals surface area (Å²) in [6.45, 7) is 2.09. The average Bonchev–Trinajstić information content (AvgIpc) is 3.19. The zero-order chi connectivity index (χ0) is 22.2. The molecule has 0 unspecified atom stereocenters. The van der Waals surface area contributed by atoms with E-state index < -0.39 is 4.92 Å². The van der Waals surface area contributed by atoms with Crippen LogP contribution in [0.4, 0.5) is 5.69 Å². The summed E-state index contributed by atoms with van der Waals surface area (Å²) in [7, 11) is 1.62. The SMILES string of the molecule is COCCCN(Cc1cccn1Cc1cccc(Cl)c1)C(=O)c1ccc([N+](=O)[O-])cc1. The lowest BCUT2D eigenvalue weighted by molar-refractivity contribution is -0.384. The van der Waals surface area contributed by atoms with Gasteiger partial charge in [-0.25, -0.2) is 0 Å². The van der Waals surface area contributed by atoms with Gasteiger partial charge in [-0.3, -0.25) is 14.9 Å². The number of halogens is 1. The first-order chi connectivity index (χ1) is 15.0. The molecular weight excluding hydrogens is 418 g/mol. The summed E-state index contributed by atoms with van der Waals surface area (Å²) < 4.78 is 7.22. The van der Waals surface area contributed by atoms with Gasteiger partial charge in [-0.15, -0.1) is 0 Å². The molecule has 0 N–H and O–H groups in total. The van der Waals surface area contributed by atoms with Crippen molar-refractivity contribution in [2.24, 2.45) is 0 Å². The number of hydrogen-bond donors (Lipinski definition) is 0. The standard InChI is InChI=1S/C23H24ClN3O4/c1-31-14-4-13-26(23(28)19-8-10-21(11-9-19)27(29)30)17-22-7-3-12-25(22)16-18-5-2-6-20(24)15-18/h2-3,5-12,15H,4,13-14,16-17H2,1H3.